The molecule has 1 fully saturated rings. The molecule has 3 rings (SSSR count). The van der Waals surface area contributed by atoms with Crippen LogP contribution in [0.5, 0.6) is 11.5 Å². The summed E-state index contributed by atoms with van der Waals surface area (Å²) >= 11 is 0. The van der Waals surface area contributed by atoms with E-state index in [1.54, 1.807) is 19.1 Å². The minimum absolute atomic E-state index is 0.137. The monoisotopic (exact) mass is 368 g/mol. The van der Waals surface area contributed by atoms with Gasteiger partial charge in [0.25, 0.3) is 0 Å². The average molecular weight is 368 g/mol. The number of hydrogen-bond acceptors (Lipinski definition) is 4. The molecule has 1 aliphatic rings. The Kier molecular flexibility index (Phi) is 6.35. The molecule has 144 valence electrons. The largest absolute Gasteiger partial charge is 0.497 e. The Morgan fingerprint density at radius 2 is 1.93 bits per heavy atom. The second kappa shape index (κ2) is 8.91. The van der Waals surface area contributed by atoms with Gasteiger partial charge < -0.3 is 14.4 Å². The van der Waals surface area contributed by atoms with Gasteiger partial charge in [0, 0.05) is 31.3 Å². The van der Waals surface area contributed by atoms with Crippen LogP contribution in [0, 0.1) is 0 Å². The Labute approximate surface area is 161 Å². The predicted molar refractivity (Wildman–Crippen MR) is 106 cm³/mol. The van der Waals surface area contributed by atoms with E-state index in [1.807, 2.05) is 49.5 Å². The third-order valence-corrected chi connectivity index (χ3v) is 5.19. The SMILES string of the molecule is COc1ccc(C2CCCN2CC(=O)N(C)Cc2ccccc2)c(OC)c1. The summed E-state index contributed by atoms with van der Waals surface area (Å²) < 4.78 is 10.9. The van der Waals surface area contributed by atoms with Gasteiger partial charge in [-0.25, -0.2) is 0 Å². The number of rotatable bonds is 7. The number of nitrogens with zero attached hydrogens (tertiary/aromatic N) is 2. The molecule has 0 aromatic heterocycles. The Bertz CT molecular complexity index is 763. The van der Waals surface area contributed by atoms with E-state index >= 15 is 0 Å². The summed E-state index contributed by atoms with van der Waals surface area (Å²) in [5.41, 5.74) is 2.26. The zero-order valence-electron chi connectivity index (χ0n) is 16.4. The number of likely N-dealkylation sites (N-methyl/N-ethyl adjacent to an activating group) is 1. The molecule has 0 bridgehead atoms. The molecule has 1 amide bonds. The van der Waals surface area contributed by atoms with Crippen LogP contribution in [-0.4, -0.2) is 50.1 Å². The van der Waals surface area contributed by atoms with Crippen LogP contribution in [0.2, 0.25) is 0 Å². The van der Waals surface area contributed by atoms with Crippen molar-refractivity contribution in [3.63, 3.8) is 0 Å². The summed E-state index contributed by atoms with van der Waals surface area (Å²) in [6.45, 7) is 1.97. The predicted octanol–water partition coefficient (Wildman–Crippen LogP) is 3.50. The topological polar surface area (TPSA) is 42.0 Å². The van der Waals surface area contributed by atoms with Crippen LogP contribution in [0.4, 0.5) is 0 Å². The van der Waals surface area contributed by atoms with Crippen molar-refractivity contribution in [1.29, 1.82) is 0 Å². The van der Waals surface area contributed by atoms with Gasteiger partial charge in [0.15, 0.2) is 0 Å². The van der Waals surface area contributed by atoms with Gasteiger partial charge in [0.2, 0.25) is 5.91 Å². The number of amides is 1. The lowest BCUT2D eigenvalue weighted by molar-refractivity contribution is -0.131. The molecule has 5 heteroatoms. The highest BCUT2D eigenvalue weighted by atomic mass is 16.5. The number of ether oxygens (including phenoxy) is 2. The summed E-state index contributed by atoms with van der Waals surface area (Å²) in [5, 5.41) is 0. The van der Waals surface area contributed by atoms with Crippen molar-refractivity contribution in [3.8, 4) is 11.5 Å². The zero-order chi connectivity index (χ0) is 19.2. The molecule has 2 aromatic carbocycles. The van der Waals surface area contributed by atoms with Gasteiger partial charge in [-0.05, 0) is 31.0 Å². The lowest BCUT2D eigenvalue weighted by Gasteiger charge is -2.28. The van der Waals surface area contributed by atoms with Gasteiger partial charge >= 0.3 is 0 Å². The van der Waals surface area contributed by atoms with E-state index in [0.717, 1.165) is 42.0 Å². The molecule has 1 saturated heterocycles. The third kappa shape index (κ3) is 4.61. The zero-order valence-corrected chi connectivity index (χ0v) is 16.4. The van der Waals surface area contributed by atoms with Crippen molar-refractivity contribution in [1.82, 2.24) is 9.80 Å². The highest BCUT2D eigenvalue weighted by Gasteiger charge is 2.30. The Morgan fingerprint density at radius 1 is 1.15 bits per heavy atom. The number of methoxy groups -OCH3 is 2. The molecule has 0 aliphatic carbocycles. The first kappa shape index (κ1) is 19.2. The van der Waals surface area contributed by atoms with Crippen molar-refractivity contribution in [3.05, 3.63) is 59.7 Å². The molecule has 1 aliphatic heterocycles. The molecule has 27 heavy (non-hydrogen) atoms. The second-order valence-corrected chi connectivity index (χ2v) is 6.97. The van der Waals surface area contributed by atoms with Crippen molar-refractivity contribution in [2.24, 2.45) is 0 Å². The smallest absolute Gasteiger partial charge is 0.236 e. The van der Waals surface area contributed by atoms with E-state index in [1.165, 1.54) is 0 Å². The second-order valence-electron chi connectivity index (χ2n) is 6.97. The minimum atomic E-state index is 0.137. The average Bonchev–Trinajstić information content (AvgIpc) is 3.15. The summed E-state index contributed by atoms with van der Waals surface area (Å²) in [4.78, 5) is 16.8. The normalized spacial score (nSPS) is 16.9. The molecule has 2 aromatic rings. The van der Waals surface area contributed by atoms with Crippen molar-refractivity contribution in [2.45, 2.75) is 25.4 Å². The van der Waals surface area contributed by atoms with Crippen molar-refractivity contribution in [2.75, 3.05) is 34.4 Å². The van der Waals surface area contributed by atoms with E-state index in [2.05, 4.69) is 11.0 Å². The van der Waals surface area contributed by atoms with Crippen LogP contribution in [-0.2, 0) is 11.3 Å². The highest BCUT2D eigenvalue weighted by Crippen LogP contribution is 2.38. The third-order valence-electron chi connectivity index (χ3n) is 5.19. The van der Waals surface area contributed by atoms with Gasteiger partial charge in [-0.2, -0.15) is 0 Å². The van der Waals surface area contributed by atoms with E-state index in [0.29, 0.717) is 13.1 Å². The molecular formula is C22H28N2O3. The number of likely N-dealkylation sites (tertiary alicyclic amines) is 1. The summed E-state index contributed by atoms with van der Waals surface area (Å²) in [5.74, 6) is 1.73. The quantitative estimate of drug-likeness (QED) is 0.750. The highest BCUT2D eigenvalue weighted by molar-refractivity contribution is 5.78. The molecule has 1 heterocycles. The molecular weight excluding hydrogens is 340 g/mol. The Balaban J connectivity index is 1.68. The van der Waals surface area contributed by atoms with Crippen LogP contribution in [0.25, 0.3) is 0 Å². The first-order valence-electron chi connectivity index (χ1n) is 9.36. The van der Waals surface area contributed by atoms with Crippen LogP contribution < -0.4 is 9.47 Å². The van der Waals surface area contributed by atoms with Crippen LogP contribution in [0.15, 0.2) is 48.5 Å². The van der Waals surface area contributed by atoms with Crippen molar-refractivity contribution < 1.29 is 14.3 Å². The molecule has 0 spiro atoms. The maximum atomic E-state index is 12.8. The van der Waals surface area contributed by atoms with E-state index in [-0.39, 0.29) is 11.9 Å². The maximum absolute atomic E-state index is 12.8. The van der Waals surface area contributed by atoms with Crippen molar-refractivity contribution >= 4 is 5.91 Å². The lowest BCUT2D eigenvalue weighted by Crippen LogP contribution is -2.37. The Morgan fingerprint density at radius 3 is 2.63 bits per heavy atom. The first-order chi connectivity index (χ1) is 13.1. The Hall–Kier alpha value is -2.53. The maximum Gasteiger partial charge on any atom is 0.236 e. The van der Waals surface area contributed by atoms with Gasteiger partial charge in [-0.15, -0.1) is 0 Å². The van der Waals surface area contributed by atoms with Crippen LogP contribution >= 0.6 is 0 Å². The lowest BCUT2D eigenvalue weighted by atomic mass is 10.0. The number of hydrogen-bond donors (Lipinski definition) is 0. The molecule has 0 saturated carbocycles. The van der Waals surface area contributed by atoms with Crippen LogP contribution in [0.3, 0.4) is 0 Å². The van der Waals surface area contributed by atoms with Gasteiger partial charge in [-0.1, -0.05) is 36.4 Å². The summed E-state index contributed by atoms with van der Waals surface area (Å²) in [6.07, 6.45) is 2.11. The standard InChI is InChI=1S/C22H28N2O3/c1-23(15-17-8-5-4-6-9-17)22(25)16-24-13-7-10-20(24)19-12-11-18(26-2)14-21(19)27-3/h4-6,8-9,11-12,14,20H,7,10,13,15-16H2,1-3H3. The minimum Gasteiger partial charge on any atom is -0.497 e. The van der Waals surface area contributed by atoms with E-state index < -0.39 is 0 Å². The van der Waals surface area contributed by atoms with Gasteiger partial charge in [-0.3, -0.25) is 9.69 Å². The van der Waals surface area contributed by atoms with Crippen LogP contribution in [0.1, 0.15) is 30.0 Å². The fourth-order valence-corrected chi connectivity index (χ4v) is 3.70. The molecule has 1 unspecified atom stereocenters. The fourth-order valence-electron chi connectivity index (χ4n) is 3.70. The number of carbonyl (C=O) groups is 1. The number of carbonyl (C=O) groups excluding carboxylic acids is 1. The molecule has 0 N–H and O–H groups in total. The summed E-state index contributed by atoms with van der Waals surface area (Å²) in [7, 11) is 5.20. The summed E-state index contributed by atoms with van der Waals surface area (Å²) in [6, 6.07) is 16.2. The number of benzene rings is 2. The van der Waals surface area contributed by atoms with E-state index in [4.69, 9.17) is 9.47 Å². The first-order valence-corrected chi connectivity index (χ1v) is 9.36. The van der Waals surface area contributed by atoms with Gasteiger partial charge in [0.1, 0.15) is 11.5 Å². The molecule has 0 radical (unpaired) electrons. The molecule has 5 nitrogen and oxygen atoms in total. The van der Waals surface area contributed by atoms with E-state index in [9.17, 15) is 4.79 Å². The van der Waals surface area contributed by atoms with Gasteiger partial charge in [0.05, 0.1) is 20.8 Å². The fraction of sp³-hybridized carbons (Fsp3) is 0.409. The molecule has 1 atom stereocenters.